The third-order valence-corrected chi connectivity index (χ3v) is 7.18. The summed E-state index contributed by atoms with van der Waals surface area (Å²) in [4.78, 5) is 16.7. The van der Waals surface area contributed by atoms with Crippen LogP contribution in [0.5, 0.6) is 0 Å². The van der Waals surface area contributed by atoms with Crippen molar-refractivity contribution in [2.75, 3.05) is 27.2 Å². The first kappa shape index (κ1) is 28.0. The summed E-state index contributed by atoms with van der Waals surface area (Å²) in [6.45, 7) is 2.90. The molecule has 1 aliphatic heterocycles. The number of hydrogen-bond acceptors (Lipinski definition) is 2. The van der Waals surface area contributed by atoms with E-state index in [-0.39, 0.29) is 18.1 Å². The Bertz CT molecular complexity index is 1030. The summed E-state index contributed by atoms with van der Waals surface area (Å²) in [5, 5.41) is 0. The number of carbonyl (C=O) groups excluding carboxylic acids is 1. The molecule has 0 spiro atoms. The molecule has 2 unspecified atom stereocenters. The Labute approximate surface area is 205 Å². The van der Waals surface area contributed by atoms with Crippen molar-refractivity contribution in [3.05, 3.63) is 70.5 Å². The van der Waals surface area contributed by atoms with Crippen molar-refractivity contribution in [1.29, 1.82) is 0 Å². The van der Waals surface area contributed by atoms with E-state index in [9.17, 15) is 35.5 Å². The third kappa shape index (κ3) is 6.38. The zero-order valence-corrected chi connectivity index (χ0v) is 20.3. The molecule has 3 rings (SSSR count). The molecule has 2 atom stereocenters. The lowest BCUT2D eigenvalue weighted by atomic mass is 9.71. The topological polar surface area (TPSA) is 23.6 Å². The minimum Gasteiger partial charge on any atom is -0.339 e. The molecule has 0 bridgehead atoms. The number of carbonyl (C=O) groups is 1. The van der Waals surface area contributed by atoms with E-state index in [0.717, 1.165) is 18.5 Å². The van der Waals surface area contributed by atoms with Gasteiger partial charge in [0.15, 0.2) is 0 Å². The zero-order valence-electron chi connectivity index (χ0n) is 20.3. The maximum atomic E-state index is 13.6. The second-order valence-electron chi connectivity index (χ2n) is 9.64. The molecule has 0 aromatic heterocycles. The largest absolute Gasteiger partial charge is 0.416 e. The van der Waals surface area contributed by atoms with Crippen molar-refractivity contribution in [1.82, 2.24) is 9.80 Å². The molecule has 2 aromatic carbocycles. The van der Waals surface area contributed by atoms with Crippen molar-refractivity contribution >= 4 is 5.91 Å². The van der Waals surface area contributed by atoms with Crippen LogP contribution in [0.4, 0.5) is 30.7 Å². The minimum atomic E-state index is -4.97. The highest BCUT2D eigenvalue weighted by atomic mass is 19.4. The van der Waals surface area contributed by atoms with Gasteiger partial charge in [0.25, 0.3) is 0 Å². The lowest BCUT2D eigenvalue weighted by Crippen LogP contribution is -2.38. The molecule has 198 valence electrons. The quantitative estimate of drug-likeness (QED) is 0.406. The predicted octanol–water partition coefficient (Wildman–Crippen LogP) is 6.83. The van der Waals surface area contributed by atoms with E-state index in [1.54, 1.807) is 12.1 Å². The molecule has 1 heterocycles. The van der Waals surface area contributed by atoms with Gasteiger partial charge in [-0.15, -0.1) is 0 Å². The second-order valence-corrected chi connectivity index (χ2v) is 9.64. The van der Waals surface area contributed by atoms with Gasteiger partial charge in [0, 0.05) is 18.9 Å². The fourth-order valence-corrected chi connectivity index (χ4v) is 4.77. The summed E-state index contributed by atoms with van der Waals surface area (Å²) in [7, 11) is 3.34. The number of likely N-dealkylation sites (tertiary alicyclic amines) is 1. The van der Waals surface area contributed by atoms with Gasteiger partial charge in [0.2, 0.25) is 5.91 Å². The van der Waals surface area contributed by atoms with Gasteiger partial charge in [-0.2, -0.15) is 26.3 Å². The summed E-state index contributed by atoms with van der Waals surface area (Å²) < 4.78 is 93.6. The van der Waals surface area contributed by atoms with Crippen molar-refractivity contribution in [2.24, 2.45) is 0 Å². The van der Waals surface area contributed by atoms with Crippen LogP contribution in [-0.2, 0) is 22.6 Å². The number of amides is 1. The highest BCUT2D eigenvalue weighted by molar-refractivity contribution is 5.78. The first-order valence-electron chi connectivity index (χ1n) is 11.6. The molecule has 0 aliphatic carbocycles. The van der Waals surface area contributed by atoms with E-state index in [4.69, 9.17) is 0 Å². The Hall–Kier alpha value is -2.62. The molecular weight excluding hydrogens is 489 g/mol. The van der Waals surface area contributed by atoms with E-state index in [1.165, 1.54) is 31.0 Å². The first-order valence-corrected chi connectivity index (χ1v) is 11.6. The van der Waals surface area contributed by atoms with Crippen molar-refractivity contribution < 1.29 is 35.5 Å². The number of halogens is 7. The van der Waals surface area contributed by atoms with E-state index >= 15 is 0 Å². The number of rotatable bonds is 5. The van der Waals surface area contributed by atoms with Gasteiger partial charge in [-0.05, 0) is 87.8 Å². The molecule has 1 fully saturated rings. The molecular formula is C26H29F7N2O. The van der Waals surface area contributed by atoms with E-state index in [0.29, 0.717) is 31.5 Å². The van der Waals surface area contributed by atoms with Gasteiger partial charge in [-0.25, -0.2) is 4.39 Å². The van der Waals surface area contributed by atoms with E-state index in [1.807, 2.05) is 7.05 Å². The fourth-order valence-electron chi connectivity index (χ4n) is 4.77. The lowest BCUT2D eigenvalue weighted by molar-refractivity contribution is -0.143. The summed E-state index contributed by atoms with van der Waals surface area (Å²) in [6, 6.07) is 6.26. The standard InChI is InChI=1S/C26H29F7N2O/c1-17(18-13-20(25(28,29)30)15-21(14-18)26(31,32)33)35(3)23(36)16-24(9-4-11-34(2)12-10-24)19-5-7-22(27)8-6-19/h5-8,13-15,17H,4,9-12,16H2,1-3H3. The van der Waals surface area contributed by atoms with Crippen LogP contribution in [0.2, 0.25) is 0 Å². The third-order valence-electron chi connectivity index (χ3n) is 7.18. The lowest BCUT2D eigenvalue weighted by Gasteiger charge is -2.36. The summed E-state index contributed by atoms with van der Waals surface area (Å²) in [5.74, 6) is -0.830. The van der Waals surface area contributed by atoms with Gasteiger partial charge in [-0.1, -0.05) is 12.1 Å². The molecule has 3 nitrogen and oxygen atoms in total. The summed E-state index contributed by atoms with van der Waals surface area (Å²) in [6.07, 6.45) is -7.93. The van der Waals surface area contributed by atoms with Gasteiger partial charge in [-0.3, -0.25) is 4.79 Å². The van der Waals surface area contributed by atoms with Crippen molar-refractivity contribution in [2.45, 2.75) is 56.4 Å². The van der Waals surface area contributed by atoms with Gasteiger partial charge < -0.3 is 9.80 Å². The SMILES string of the molecule is CC(c1cc(C(F)(F)F)cc(C(F)(F)F)c1)N(C)C(=O)CC1(c2ccc(F)cc2)CCCN(C)CC1. The van der Waals surface area contributed by atoms with Gasteiger partial charge in [0.05, 0.1) is 17.2 Å². The summed E-state index contributed by atoms with van der Waals surface area (Å²) >= 11 is 0. The van der Waals surface area contributed by atoms with Crippen LogP contribution in [0.25, 0.3) is 0 Å². The second kappa shape index (κ2) is 10.4. The average Bonchev–Trinajstić information content (AvgIpc) is 2.99. The van der Waals surface area contributed by atoms with Crippen LogP contribution < -0.4 is 0 Å². The molecule has 0 N–H and O–H groups in total. The van der Waals surface area contributed by atoms with Crippen LogP contribution in [0, 0.1) is 5.82 Å². The Balaban J connectivity index is 1.93. The van der Waals surface area contributed by atoms with Crippen LogP contribution in [0.1, 0.15) is 60.9 Å². The number of benzene rings is 2. The number of nitrogens with zero attached hydrogens (tertiary/aromatic N) is 2. The molecule has 10 heteroatoms. The Kier molecular flexibility index (Phi) is 8.07. The normalized spacial score (nSPS) is 20.6. The number of alkyl halides is 6. The van der Waals surface area contributed by atoms with Crippen LogP contribution >= 0.6 is 0 Å². The van der Waals surface area contributed by atoms with Crippen LogP contribution in [-0.4, -0.2) is 42.9 Å². The predicted molar refractivity (Wildman–Crippen MR) is 122 cm³/mol. The highest BCUT2D eigenvalue weighted by Crippen LogP contribution is 2.41. The molecule has 2 aromatic rings. The maximum absolute atomic E-state index is 13.6. The molecule has 0 radical (unpaired) electrons. The Morgan fingerprint density at radius 1 is 0.972 bits per heavy atom. The van der Waals surface area contributed by atoms with E-state index < -0.39 is 46.7 Å². The van der Waals surface area contributed by atoms with Gasteiger partial charge in [0.1, 0.15) is 5.82 Å². The Morgan fingerprint density at radius 3 is 2.06 bits per heavy atom. The highest BCUT2D eigenvalue weighted by Gasteiger charge is 2.40. The van der Waals surface area contributed by atoms with Crippen LogP contribution in [0.3, 0.4) is 0 Å². The smallest absolute Gasteiger partial charge is 0.339 e. The van der Waals surface area contributed by atoms with Crippen molar-refractivity contribution in [3.63, 3.8) is 0 Å². The molecule has 1 saturated heterocycles. The van der Waals surface area contributed by atoms with Gasteiger partial charge >= 0.3 is 12.4 Å². The molecule has 36 heavy (non-hydrogen) atoms. The zero-order chi connectivity index (χ0) is 26.9. The maximum Gasteiger partial charge on any atom is 0.416 e. The van der Waals surface area contributed by atoms with Crippen LogP contribution in [0.15, 0.2) is 42.5 Å². The summed E-state index contributed by atoms with van der Waals surface area (Å²) in [5.41, 5.74) is -2.95. The average molecular weight is 519 g/mol. The molecule has 1 amide bonds. The molecule has 1 aliphatic rings. The molecule has 0 saturated carbocycles. The van der Waals surface area contributed by atoms with E-state index in [2.05, 4.69) is 4.90 Å². The van der Waals surface area contributed by atoms with Crippen molar-refractivity contribution in [3.8, 4) is 0 Å². The monoisotopic (exact) mass is 518 g/mol. The number of hydrogen-bond donors (Lipinski definition) is 0. The fraction of sp³-hybridized carbons (Fsp3) is 0.500. The minimum absolute atomic E-state index is 0.00159. The Morgan fingerprint density at radius 2 is 1.53 bits per heavy atom. The first-order chi connectivity index (χ1) is 16.6.